The first-order chi connectivity index (χ1) is 5.84. The van der Waals surface area contributed by atoms with Crippen molar-refractivity contribution in [3.8, 4) is 0 Å². The third-order valence-electron chi connectivity index (χ3n) is 1.32. The van der Waals surface area contributed by atoms with Gasteiger partial charge in [-0.25, -0.2) is 4.79 Å². The summed E-state index contributed by atoms with van der Waals surface area (Å²) >= 11 is 3.57. The molecule has 1 atom stereocenters. The van der Waals surface area contributed by atoms with Gasteiger partial charge in [0, 0.05) is 0 Å². The molecule has 0 spiro atoms. The predicted octanol–water partition coefficient (Wildman–Crippen LogP) is -1.64. The Morgan fingerprint density at radius 3 is 2.23 bits per heavy atom. The Bertz CT molecular complexity index is 239. The van der Waals surface area contributed by atoms with Gasteiger partial charge < -0.3 is 16.2 Å². The van der Waals surface area contributed by atoms with E-state index < -0.39 is 29.1 Å². The van der Waals surface area contributed by atoms with Crippen molar-refractivity contribution in [3.05, 3.63) is 0 Å². The van der Waals surface area contributed by atoms with Crippen LogP contribution in [0.25, 0.3) is 0 Å². The molecule has 0 bridgehead atoms. The minimum Gasteiger partial charge on any atom is -0.479 e. The lowest BCUT2D eigenvalue weighted by molar-refractivity contribution is -0.146. The number of nitrogens with two attached hydrogens (primary N) is 1. The summed E-state index contributed by atoms with van der Waals surface area (Å²) < 4.78 is 0. The van der Waals surface area contributed by atoms with Crippen LogP contribution in [0.15, 0.2) is 0 Å². The van der Waals surface area contributed by atoms with Crippen molar-refractivity contribution in [1.82, 2.24) is 5.32 Å². The number of amides is 1. The highest BCUT2D eigenvalue weighted by Crippen LogP contribution is 2.11. The number of carboxylic acid groups (broad SMARTS) is 1. The van der Waals surface area contributed by atoms with Gasteiger partial charge in [0.15, 0.2) is 5.78 Å². The first-order valence-corrected chi connectivity index (χ1v) is 3.77. The van der Waals surface area contributed by atoms with Crippen molar-refractivity contribution < 1.29 is 19.5 Å². The molecule has 7 heteroatoms. The Morgan fingerprint density at radius 2 is 2.00 bits per heavy atom. The molecule has 6 nitrogen and oxygen atoms in total. The second-order valence-electron chi connectivity index (χ2n) is 2.32. The molecule has 0 rings (SSSR count). The molecule has 0 heterocycles. The van der Waals surface area contributed by atoms with Crippen LogP contribution in [0.1, 0.15) is 6.92 Å². The first-order valence-electron chi connectivity index (χ1n) is 3.32. The summed E-state index contributed by atoms with van der Waals surface area (Å²) in [5.41, 5.74) is 4.93. The summed E-state index contributed by atoms with van der Waals surface area (Å²) in [6.07, 6.45) is 0. The first kappa shape index (κ1) is 11.9. The van der Waals surface area contributed by atoms with Crippen LogP contribution in [0.3, 0.4) is 0 Å². The molecule has 0 fully saturated rings. The van der Waals surface area contributed by atoms with Gasteiger partial charge in [0.05, 0.1) is 6.54 Å². The number of carbonyl (C=O) groups is 3. The van der Waals surface area contributed by atoms with E-state index in [4.69, 9.17) is 10.8 Å². The zero-order chi connectivity index (χ0) is 10.6. The highest BCUT2D eigenvalue weighted by Gasteiger charge is 2.41. The Labute approximate surface area is 79.9 Å². The molecule has 13 heavy (non-hydrogen) atoms. The monoisotopic (exact) mass is 206 g/mol. The van der Waals surface area contributed by atoms with Crippen LogP contribution < -0.4 is 11.1 Å². The van der Waals surface area contributed by atoms with Gasteiger partial charge in [-0.1, -0.05) is 0 Å². The molecule has 0 aliphatic heterocycles. The fraction of sp³-hybridized carbons (Fsp3) is 0.500. The van der Waals surface area contributed by atoms with Crippen molar-refractivity contribution in [3.63, 3.8) is 0 Å². The van der Waals surface area contributed by atoms with Gasteiger partial charge >= 0.3 is 5.97 Å². The third kappa shape index (κ3) is 2.71. The molecule has 0 aromatic heterocycles. The SMILES string of the molecule is CC(=O)C(S)(NC(=O)CN)C(=O)O. The van der Waals surface area contributed by atoms with E-state index in [0.717, 1.165) is 6.92 Å². The summed E-state index contributed by atoms with van der Waals surface area (Å²) in [7, 11) is 0. The van der Waals surface area contributed by atoms with E-state index in [0.29, 0.717) is 0 Å². The van der Waals surface area contributed by atoms with Crippen LogP contribution in [-0.2, 0) is 14.4 Å². The fourth-order valence-electron chi connectivity index (χ4n) is 0.545. The van der Waals surface area contributed by atoms with Gasteiger partial charge in [-0.05, 0) is 6.92 Å². The molecular weight excluding hydrogens is 196 g/mol. The molecule has 0 aromatic carbocycles. The highest BCUT2D eigenvalue weighted by molar-refractivity contribution is 7.83. The molecule has 74 valence electrons. The number of hydrogen-bond donors (Lipinski definition) is 4. The Balaban J connectivity index is 4.72. The van der Waals surface area contributed by atoms with Crippen LogP contribution in [0.2, 0.25) is 0 Å². The highest BCUT2D eigenvalue weighted by atomic mass is 32.1. The zero-order valence-corrected chi connectivity index (χ0v) is 7.80. The van der Waals surface area contributed by atoms with Gasteiger partial charge in [-0.2, -0.15) is 0 Å². The number of ketones is 1. The minimum absolute atomic E-state index is 0.400. The number of hydrogen-bond acceptors (Lipinski definition) is 5. The Morgan fingerprint density at radius 1 is 1.54 bits per heavy atom. The van der Waals surface area contributed by atoms with Crippen molar-refractivity contribution in [2.75, 3.05) is 6.54 Å². The number of nitrogens with one attached hydrogen (secondary N) is 1. The number of thiol groups is 1. The third-order valence-corrected chi connectivity index (χ3v) is 1.94. The molecule has 0 aromatic rings. The second-order valence-corrected chi connectivity index (χ2v) is 2.99. The van der Waals surface area contributed by atoms with Crippen molar-refractivity contribution in [2.45, 2.75) is 11.8 Å². The summed E-state index contributed by atoms with van der Waals surface area (Å²) in [6.45, 7) is 0.612. The predicted molar refractivity (Wildman–Crippen MR) is 47.2 cm³/mol. The molecule has 0 radical (unpaired) electrons. The lowest BCUT2D eigenvalue weighted by Crippen LogP contribution is -2.56. The fourth-order valence-corrected chi connectivity index (χ4v) is 0.670. The topological polar surface area (TPSA) is 109 Å². The maximum atomic E-state index is 10.8. The average molecular weight is 206 g/mol. The van der Waals surface area contributed by atoms with E-state index in [9.17, 15) is 14.4 Å². The molecule has 0 saturated heterocycles. The van der Waals surface area contributed by atoms with E-state index in [1.54, 1.807) is 0 Å². The van der Waals surface area contributed by atoms with Crippen LogP contribution in [-0.4, -0.2) is 34.2 Å². The molecule has 0 aliphatic rings. The van der Waals surface area contributed by atoms with Gasteiger partial charge in [0.25, 0.3) is 0 Å². The number of carbonyl (C=O) groups excluding carboxylic acids is 2. The van der Waals surface area contributed by atoms with Gasteiger partial charge in [-0.15, -0.1) is 12.6 Å². The van der Waals surface area contributed by atoms with Gasteiger partial charge in [0.2, 0.25) is 10.8 Å². The summed E-state index contributed by atoms with van der Waals surface area (Å²) in [6, 6.07) is 0. The van der Waals surface area contributed by atoms with E-state index in [2.05, 4.69) is 12.6 Å². The smallest absolute Gasteiger partial charge is 0.347 e. The molecule has 0 aliphatic carbocycles. The van der Waals surface area contributed by atoms with E-state index in [-0.39, 0.29) is 0 Å². The maximum Gasteiger partial charge on any atom is 0.347 e. The molecule has 1 unspecified atom stereocenters. The van der Waals surface area contributed by atoms with Crippen LogP contribution in [0.4, 0.5) is 0 Å². The molecule has 4 N–H and O–H groups in total. The van der Waals surface area contributed by atoms with Gasteiger partial charge in [-0.3, -0.25) is 9.59 Å². The summed E-state index contributed by atoms with van der Waals surface area (Å²) in [5.74, 6) is -3.08. The van der Waals surface area contributed by atoms with Crippen LogP contribution >= 0.6 is 12.6 Å². The van der Waals surface area contributed by atoms with Crippen molar-refractivity contribution in [1.29, 1.82) is 0 Å². The molecular formula is C6H10N2O4S. The lowest BCUT2D eigenvalue weighted by atomic mass is 10.2. The molecule has 0 saturated carbocycles. The van der Waals surface area contributed by atoms with Crippen molar-refractivity contribution >= 4 is 30.3 Å². The van der Waals surface area contributed by atoms with E-state index in [1.165, 1.54) is 0 Å². The quantitative estimate of drug-likeness (QED) is 0.250. The number of rotatable bonds is 4. The van der Waals surface area contributed by atoms with Crippen molar-refractivity contribution in [2.24, 2.45) is 5.73 Å². The average Bonchev–Trinajstić information content (AvgIpc) is 2.03. The number of carboxylic acids is 1. The van der Waals surface area contributed by atoms with Crippen LogP contribution in [0, 0.1) is 0 Å². The Hall–Kier alpha value is -1.08. The van der Waals surface area contributed by atoms with E-state index in [1.807, 2.05) is 5.32 Å². The standard InChI is InChI=1S/C6H10N2O4S/c1-3(9)6(13,5(11)12)8-4(10)2-7/h13H,2,7H2,1H3,(H,8,10)(H,11,12). The Kier molecular flexibility index (Phi) is 3.89. The number of aliphatic carboxylic acids is 1. The lowest BCUT2D eigenvalue weighted by Gasteiger charge is -2.21. The second kappa shape index (κ2) is 4.24. The normalized spacial score (nSPS) is 14.4. The summed E-state index contributed by atoms with van der Waals surface area (Å²) in [5, 5.41) is 10.5. The van der Waals surface area contributed by atoms with Crippen LogP contribution in [0.5, 0.6) is 0 Å². The maximum absolute atomic E-state index is 10.8. The summed E-state index contributed by atoms with van der Waals surface area (Å²) in [4.78, 5) is 30.0. The minimum atomic E-state index is -2.18. The number of Topliss-reactive ketones (excluding diaryl/α,β-unsaturated/α-hetero) is 1. The zero-order valence-electron chi connectivity index (χ0n) is 6.90. The van der Waals surface area contributed by atoms with E-state index >= 15 is 0 Å². The molecule has 1 amide bonds. The van der Waals surface area contributed by atoms with Gasteiger partial charge in [0.1, 0.15) is 0 Å². The largest absolute Gasteiger partial charge is 0.479 e.